The number of piperidine rings is 1. The zero-order chi connectivity index (χ0) is 24.1. The molecule has 2 aliphatic rings. The lowest BCUT2D eigenvalue weighted by Gasteiger charge is -2.37. The normalized spacial score (nSPS) is 17.4. The highest BCUT2D eigenvalue weighted by Gasteiger charge is 2.37. The Balaban J connectivity index is 1.45. The molecule has 0 spiro atoms. The maximum Gasteiger partial charge on any atom is 0.253 e. The second-order valence-corrected chi connectivity index (χ2v) is 9.21. The number of carbonyl (C=O) groups is 3. The molecule has 7 nitrogen and oxygen atoms in total. The molecular weight excluding hydrogens is 430 g/mol. The molecule has 180 valence electrons. The third-order valence-electron chi connectivity index (χ3n) is 6.89. The second-order valence-electron chi connectivity index (χ2n) is 9.21. The summed E-state index contributed by atoms with van der Waals surface area (Å²) in [5, 5.41) is 3.03. The number of aryl methyl sites for hydroxylation is 1. The van der Waals surface area contributed by atoms with E-state index < -0.39 is 6.04 Å². The van der Waals surface area contributed by atoms with E-state index in [0.29, 0.717) is 42.8 Å². The van der Waals surface area contributed by atoms with E-state index in [1.807, 2.05) is 41.0 Å². The number of hydrogen-bond donors (Lipinski definition) is 1. The fraction of sp³-hybridized carbons (Fsp3) is 0.444. The number of nitrogens with zero attached hydrogens (tertiary/aromatic N) is 2. The Kier molecular flexibility index (Phi) is 7.50. The predicted molar refractivity (Wildman–Crippen MR) is 130 cm³/mol. The van der Waals surface area contributed by atoms with E-state index in [-0.39, 0.29) is 23.6 Å². The van der Waals surface area contributed by atoms with Crippen molar-refractivity contribution >= 4 is 17.7 Å². The quantitative estimate of drug-likeness (QED) is 0.713. The highest BCUT2D eigenvalue weighted by Crippen LogP contribution is 2.25. The third-order valence-corrected chi connectivity index (χ3v) is 6.89. The Morgan fingerprint density at radius 3 is 2.21 bits per heavy atom. The van der Waals surface area contributed by atoms with Crippen LogP contribution in [0, 0.1) is 12.8 Å². The van der Waals surface area contributed by atoms with Crippen LogP contribution in [0.5, 0.6) is 5.75 Å². The molecule has 0 saturated carbocycles. The summed E-state index contributed by atoms with van der Waals surface area (Å²) in [4.78, 5) is 43.1. The van der Waals surface area contributed by atoms with Gasteiger partial charge in [0.05, 0.1) is 7.11 Å². The largest absolute Gasteiger partial charge is 0.497 e. The first-order chi connectivity index (χ1) is 16.5. The first-order valence-corrected chi connectivity index (χ1v) is 12.1. The average molecular weight is 464 g/mol. The Hall–Kier alpha value is -3.35. The molecule has 2 aliphatic heterocycles. The van der Waals surface area contributed by atoms with E-state index in [1.165, 1.54) is 0 Å². The number of ether oxygens (including phenoxy) is 1. The lowest BCUT2D eigenvalue weighted by molar-refractivity contribution is -0.134. The summed E-state index contributed by atoms with van der Waals surface area (Å²) in [6.07, 6.45) is 3.33. The fourth-order valence-electron chi connectivity index (χ4n) is 4.88. The van der Waals surface area contributed by atoms with Gasteiger partial charge >= 0.3 is 0 Å². The Bertz CT molecular complexity index is 1020. The lowest BCUT2D eigenvalue weighted by atomic mass is 9.88. The summed E-state index contributed by atoms with van der Waals surface area (Å²) in [5.41, 5.74) is 2.24. The fourth-order valence-corrected chi connectivity index (χ4v) is 4.88. The van der Waals surface area contributed by atoms with Gasteiger partial charge in [-0.15, -0.1) is 0 Å². The second kappa shape index (κ2) is 10.7. The molecule has 2 fully saturated rings. The summed E-state index contributed by atoms with van der Waals surface area (Å²) in [6.45, 7) is 4.58. The number of carbonyl (C=O) groups excluding carboxylic acids is 3. The molecular formula is C27H33N3O4. The van der Waals surface area contributed by atoms with Gasteiger partial charge in [0.1, 0.15) is 11.8 Å². The van der Waals surface area contributed by atoms with Crippen molar-refractivity contribution in [3.63, 3.8) is 0 Å². The van der Waals surface area contributed by atoms with E-state index in [9.17, 15) is 14.4 Å². The minimum absolute atomic E-state index is 0.0113. The van der Waals surface area contributed by atoms with Crippen LogP contribution < -0.4 is 10.1 Å². The standard InChI is InChI=1S/C27H33N3O4/c1-19-6-5-7-22(18-19)26(32)30-16-12-20(13-17-30)24(27(33)29-14-3-4-15-29)28-25(31)21-8-10-23(34-2)11-9-21/h5-11,18,20,24H,3-4,12-17H2,1-2H3,(H,28,31)/t24-/m0/s1. The van der Waals surface area contributed by atoms with Crippen molar-refractivity contribution in [2.75, 3.05) is 33.3 Å². The Morgan fingerprint density at radius 2 is 1.59 bits per heavy atom. The summed E-state index contributed by atoms with van der Waals surface area (Å²) in [7, 11) is 1.58. The minimum atomic E-state index is -0.594. The molecule has 0 bridgehead atoms. The highest BCUT2D eigenvalue weighted by atomic mass is 16.5. The number of benzene rings is 2. The molecule has 0 aromatic heterocycles. The van der Waals surface area contributed by atoms with E-state index in [4.69, 9.17) is 4.74 Å². The van der Waals surface area contributed by atoms with Crippen LogP contribution in [0.15, 0.2) is 48.5 Å². The first kappa shape index (κ1) is 23.8. The van der Waals surface area contributed by atoms with Gasteiger partial charge in [-0.1, -0.05) is 17.7 Å². The van der Waals surface area contributed by atoms with Crippen LogP contribution in [-0.2, 0) is 4.79 Å². The number of likely N-dealkylation sites (tertiary alicyclic amines) is 2. The smallest absolute Gasteiger partial charge is 0.253 e. The molecule has 2 aromatic carbocycles. The summed E-state index contributed by atoms with van der Waals surface area (Å²) in [5.74, 6) is 0.400. The Labute approximate surface area is 201 Å². The van der Waals surface area contributed by atoms with Crippen LogP contribution >= 0.6 is 0 Å². The maximum atomic E-state index is 13.4. The maximum absolute atomic E-state index is 13.4. The van der Waals surface area contributed by atoms with Gasteiger partial charge < -0.3 is 19.9 Å². The molecule has 2 aromatic rings. The first-order valence-electron chi connectivity index (χ1n) is 12.1. The Morgan fingerprint density at radius 1 is 0.912 bits per heavy atom. The van der Waals surface area contributed by atoms with Crippen molar-refractivity contribution in [3.8, 4) is 5.75 Å². The molecule has 3 amide bonds. The number of amides is 3. The van der Waals surface area contributed by atoms with E-state index in [2.05, 4.69) is 5.32 Å². The minimum Gasteiger partial charge on any atom is -0.497 e. The van der Waals surface area contributed by atoms with Crippen LogP contribution in [0.25, 0.3) is 0 Å². The van der Waals surface area contributed by atoms with Crippen LogP contribution in [0.1, 0.15) is 52.0 Å². The SMILES string of the molecule is COc1ccc(C(=O)N[C@H](C(=O)N2CCCC2)C2CCN(C(=O)c3cccc(C)c3)CC2)cc1. The van der Waals surface area contributed by atoms with Crippen molar-refractivity contribution < 1.29 is 19.1 Å². The van der Waals surface area contributed by atoms with Crippen molar-refractivity contribution in [2.24, 2.45) is 5.92 Å². The van der Waals surface area contributed by atoms with Crippen LogP contribution in [0.2, 0.25) is 0 Å². The topological polar surface area (TPSA) is 79.0 Å². The molecule has 1 N–H and O–H groups in total. The zero-order valence-electron chi connectivity index (χ0n) is 20.0. The summed E-state index contributed by atoms with van der Waals surface area (Å²) in [6, 6.07) is 13.9. The monoisotopic (exact) mass is 463 g/mol. The lowest BCUT2D eigenvalue weighted by Crippen LogP contribution is -2.54. The van der Waals surface area contributed by atoms with Crippen LogP contribution in [0.3, 0.4) is 0 Å². The number of nitrogens with one attached hydrogen (secondary N) is 1. The van der Waals surface area contributed by atoms with E-state index in [1.54, 1.807) is 31.4 Å². The molecule has 2 heterocycles. The third kappa shape index (κ3) is 5.41. The summed E-state index contributed by atoms with van der Waals surface area (Å²) < 4.78 is 5.17. The molecule has 2 saturated heterocycles. The van der Waals surface area contributed by atoms with Crippen molar-refractivity contribution in [1.29, 1.82) is 0 Å². The molecule has 7 heteroatoms. The molecule has 0 radical (unpaired) electrons. The number of hydrogen-bond acceptors (Lipinski definition) is 4. The van der Waals surface area contributed by atoms with E-state index in [0.717, 1.165) is 31.5 Å². The highest BCUT2D eigenvalue weighted by molar-refractivity contribution is 5.98. The van der Waals surface area contributed by atoms with Gasteiger partial charge in [0.15, 0.2) is 0 Å². The van der Waals surface area contributed by atoms with Crippen LogP contribution in [-0.4, -0.2) is 66.9 Å². The number of methoxy groups -OCH3 is 1. The van der Waals surface area contributed by atoms with Gasteiger partial charge in [0, 0.05) is 37.3 Å². The van der Waals surface area contributed by atoms with Crippen molar-refractivity contribution in [2.45, 2.75) is 38.6 Å². The van der Waals surface area contributed by atoms with Crippen molar-refractivity contribution in [3.05, 3.63) is 65.2 Å². The molecule has 4 rings (SSSR count). The summed E-state index contributed by atoms with van der Waals surface area (Å²) >= 11 is 0. The van der Waals surface area contributed by atoms with Gasteiger partial charge in [-0.3, -0.25) is 14.4 Å². The average Bonchev–Trinajstić information content (AvgIpc) is 3.42. The van der Waals surface area contributed by atoms with Gasteiger partial charge in [0.2, 0.25) is 5.91 Å². The van der Waals surface area contributed by atoms with Gasteiger partial charge in [-0.2, -0.15) is 0 Å². The predicted octanol–water partition coefficient (Wildman–Crippen LogP) is 3.28. The molecule has 0 unspecified atom stereocenters. The molecule has 34 heavy (non-hydrogen) atoms. The van der Waals surface area contributed by atoms with Gasteiger partial charge in [-0.05, 0) is 74.9 Å². The van der Waals surface area contributed by atoms with Crippen molar-refractivity contribution in [1.82, 2.24) is 15.1 Å². The molecule has 1 atom stereocenters. The van der Waals surface area contributed by atoms with Gasteiger partial charge in [-0.25, -0.2) is 0 Å². The number of rotatable bonds is 6. The van der Waals surface area contributed by atoms with Crippen LogP contribution in [0.4, 0.5) is 0 Å². The van der Waals surface area contributed by atoms with Gasteiger partial charge in [0.25, 0.3) is 11.8 Å². The zero-order valence-corrected chi connectivity index (χ0v) is 20.0. The van der Waals surface area contributed by atoms with E-state index >= 15 is 0 Å². The molecule has 0 aliphatic carbocycles.